The summed E-state index contributed by atoms with van der Waals surface area (Å²) >= 11 is 3.16. The predicted octanol–water partition coefficient (Wildman–Crippen LogP) is 4.25. The lowest BCUT2D eigenvalue weighted by molar-refractivity contribution is 0.620. The molecule has 0 amide bonds. The number of nitrogens with two attached hydrogens (primary N) is 1. The average Bonchev–Trinajstić information content (AvgIpc) is 2.70. The van der Waals surface area contributed by atoms with Crippen LogP contribution in [-0.4, -0.2) is 6.04 Å². The molecule has 2 nitrogen and oxygen atoms in total. The van der Waals surface area contributed by atoms with Gasteiger partial charge in [0.25, 0.3) is 0 Å². The van der Waals surface area contributed by atoms with Gasteiger partial charge in [-0.25, -0.2) is 4.39 Å². The average molecular weight is 321 g/mol. The number of anilines is 3. The van der Waals surface area contributed by atoms with Crippen LogP contribution in [0.1, 0.15) is 12.5 Å². The second-order valence-corrected chi connectivity index (χ2v) is 5.73. The minimum Gasteiger partial charge on any atom is -0.397 e. The first-order valence-corrected chi connectivity index (χ1v) is 6.99. The van der Waals surface area contributed by atoms with E-state index in [4.69, 9.17) is 5.73 Å². The van der Waals surface area contributed by atoms with Gasteiger partial charge in [0.2, 0.25) is 0 Å². The zero-order chi connectivity index (χ0) is 13.6. The highest BCUT2D eigenvalue weighted by Gasteiger charge is 2.28. The number of para-hydroxylation sites is 1. The minimum atomic E-state index is -0.291. The van der Waals surface area contributed by atoms with Crippen LogP contribution >= 0.6 is 15.9 Å². The maximum atomic E-state index is 13.8. The van der Waals surface area contributed by atoms with E-state index in [1.165, 1.54) is 11.6 Å². The lowest BCUT2D eigenvalue weighted by Crippen LogP contribution is -2.25. The van der Waals surface area contributed by atoms with E-state index < -0.39 is 0 Å². The summed E-state index contributed by atoms with van der Waals surface area (Å²) in [4.78, 5) is 2.11. The lowest BCUT2D eigenvalue weighted by atomic mass is 10.1. The van der Waals surface area contributed by atoms with E-state index >= 15 is 0 Å². The topological polar surface area (TPSA) is 29.3 Å². The Bertz CT molecular complexity index is 642. The predicted molar refractivity (Wildman–Crippen MR) is 80.3 cm³/mol. The van der Waals surface area contributed by atoms with Crippen molar-refractivity contribution in [2.75, 3.05) is 10.6 Å². The molecule has 98 valence electrons. The van der Waals surface area contributed by atoms with Gasteiger partial charge in [-0.2, -0.15) is 0 Å². The fourth-order valence-electron chi connectivity index (χ4n) is 2.69. The van der Waals surface area contributed by atoms with Gasteiger partial charge >= 0.3 is 0 Å². The largest absolute Gasteiger partial charge is 0.397 e. The van der Waals surface area contributed by atoms with Crippen molar-refractivity contribution in [3.8, 4) is 0 Å². The molecule has 1 aliphatic rings. The molecule has 0 saturated heterocycles. The summed E-state index contributed by atoms with van der Waals surface area (Å²) in [5, 5.41) is 0. The van der Waals surface area contributed by atoms with Gasteiger partial charge in [0.1, 0.15) is 5.82 Å². The molecular formula is C15H14BrFN2. The molecule has 0 bridgehead atoms. The quantitative estimate of drug-likeness (QED) is 0.796. The zero-order valence-corrected chi connectivity index (χ0v) is 12.1. The molecule has 1 heterocycles. The van der Waals surface area contributed by atoms with Gasteiger partial charge < -0.3 is 10.6 Å². The highest BCUT2D eigenvalue weighted by Crippen LogP contribution is 2.41. The van der Waals surface area contributed by atoms with Crippen molar-refractivity contribution in [2.45, 2.75) is 19.4 Å². The van der Waals surface area contributed by atoms with Crippen LogP contribution in [-0.2, 0) is 6.42 Å². The molecule has 0 aromatic heterocycles. The van der Waals surface area contributed by atoms with Crippen LogP contribution < -0.4 is 10.6 Å². The van der Waals surface area contributed by atoms with E-state index in [1.807, 2.05) is 12.1 Å². The number of nitrogens with zero attached hydrogens (tertiary/aromatic N) is 1. The standard InChI is InChI=1S/C15H14BrFN2/c1-9-6-10-4-2-3-5-14(10)19(9)15-8-12(17)11(16)7-13(15)18/h2-5,7-9H,6,18H2,1H3. The van der Waals surface area contributed by atoms with Gasteiger partial charge in [-0.05, 0) is 47.0 Å². The number of benzene rings is 2. The van der Waals surface area contributed by atoms with Crippen molar-refractivity contribution >= 4 is 33.0 Å². The Kier molecular flexibility index (Phi) is 2.97. The van der Waals surface area contributed by atoms with E-state index in [-0.39, 0.29) is 11.9 Å². The zero-order valence-electron chi connectivity index (χ0n) is 10.5. The molecule has 1 unspecified atom stereocenters. The molecule has 0 fully saturated rings. The molecule has 0 saturated carbocycles. The van der Waals surface area contributed by atoms with Crippen molar-refractivity contribution in [1.82, 2.24) is 0 Å². The Hall–Kier alpha value is -1.55. The molecular weight excluding hydrogens is 307 g/mol. The van der Waals surface area contributed by atoms with E-state index in [0.29, 0.717) is 10.2 Å². The van der Waals surface area contributed by atoms with Gasteiger partial charge in [0.15, 0.2) is 0 Å². The van der Waals surface area contributed by atoms with Crippen molar-refractivity contribution in [3.63, 3.8) is 0 Å². The smallest absolute Gasteiger partial charge is 0.139 e. The molecule has 2 aromatic rings. The molecule has 3 rings (SSSR count). The number of fused-ring (bicyclic) bond motifs is 1. The Morgan fingerprint density at radius 1 is 1.26 bits per heavy atom. The maximum absolute atomic E-state index is 13.8. The fraction of sp³-hybridized carbons (Fsp3) is 0.200. The molecule has 0 radical (unpaired) electrons. The van der Waals surface area contributed by atoms with E-state index in [0.717, 1.165) is 17.8 Å². The van der Waals surface area contributed by atoms with Crippen molar-refractivity contribution in [3.05, 3.63) is 52.3 Å². The Morgan fingerprint density at radius 2 is 2.00 bits per heavy atom. The van der Waals surface area contributed by atoms with Crippen LogP contribution in [0.3, 0.4) is 0 Å². The summed E-state index contributed by atoms with van der Waals surface area (Å²) in [6.45, 7) is 2.12. The van der Waals surface area contributed by atoms with E-state index in [1.54, 1.807) is 6.07 Å². The number of halogens is 2. The van der Waals surface area contributed by atoms with Gasteiger partial charge in [0, 0.05) is 17.8 Å². The maximum Gasteiger partial charge on any atom is 0.139 e. The third-order valence-corrected chi connectivity index (χ3v) is 4.14. The van der Waals surface area contributed by atoms with Crippen LogP contribution in [0.25, 0.3) is 0 Å². The lowest BCUT2D eigenvalue weighted by Gasteiger charge is -2.26. The summed E-state index contributed by atoms with van der Waals surface area (Å²) in [6.07, 6.45) is 0.952. The summed E-state index contributed by atoms with van der Waals surface area (Å²) in [7, 11) is 0. The van der Waals surface area contributed by atoms with Crippen molar-refractivity contribution in [1.29, 1.82) is 0 Å². The molecule has 2 N–H and O–H groups in total. The van der Waals surface area contributed by atoms with Crippen LogP contribution in [0.4, 0.5) is 21.5 Å². The second-order valence-electron chi connectivity index (χ2n) is 4.88. The van der Waals surface area contributed by atoms with Crippen LogP contribution in [0.2, 0.25) is 0 Å². The number of hydrogen-bond acceptors (Lipinski definition) is 2. The Labute approximate surface area is 120 Å². The highest BCUT2D eigenvalue weighted by molar-refractivity contribution is 9.10. The minimum absolute atomic E-state index is 0.278. The first-order chi connectivity index (χ1) is 9.08. The normalized spacial score (nSPS) is 17.6. The van der Waals surface area contributed by atoms with Gasteiger partial charge in [-0.1, -0.05) is 18.2 Å². The number of rotatable bonds is 1. The number of hydrogen-bond donors (Lipinski definition) is 1. The van der Waals surface area contributed by atoms with Gasteiger partial charge in [-0.15, -0.1) is 0 Å². The first kappa shape index (κ1) is 12.5. The summed E-state index contributed by atoms with van der Waals surface area (Å²) < 4.78 is 14.2. The highest BCUT2D eigenvalue weighted by atomic mass is 79.9. The van der Waals surface area contributed by atoms with Crippen LogP contribution in [0.15, 0.2) is 40.9 Å². The van der Waals surface area contributed by atoms with E-state index in [2.05, 4.69) is 39.9 Å². The molecule has 1 atom stereocenters. The molecule has 19 heavy (non-hydrogen) atoms. The molecule has 2 aromatic carbocycles. The summed E-state index contributed by atoms with van der Waals surface area (Å²) in [5.74, 6) is -0.291. The third-order valence-electron chi connectivity index (χ3n) is 3.54. The number of nitrogen functional groups attached to an aromatic ring is 1. The molecule has 0 aliphatic carbocycles. The fourth-order valence-corrected chi connectivity index (χ4v) is 3.05. The molecule has 4 heteroatoms. The van der Waals surface area contributed by atoms with Crippen LogP contribution in [0, 0.1) is 5.82 Å². The summed E-state index contributed by atoms with van der Waals surface area (Å²) in [5.41, 5.74) is 9.76. The van der Waals surface area contributed by atoms with E-state index in [9.17, 15) is 4.39 Å². The van der Waals surface area contributed by atoms with Gasteiger partial charge in [-0.3, -0.25) is 0 Å². The van der Waals surface area contributed by atoms with Gasteiger partial charge in [0.05, 0.1) is 15.8 Å². The molecule has 1 aliphatic heterocycles. The SMILES string of the molecule is CC1Cc2ccccc2N1c1cc(F)c(Br)cc1N. The summed E-state index contributed by atoms with van der Waals surface area (Å²) in [6, 6.07) is 11.6. The van der Waals surface area contributed by atoms with Crippen molar-refractivity contribution < 1.29 is 4.39 Å². The Morgan fingerprint density at radius 3 is 2.79 bits per heavy atom. The van der Waals surface area contributed by atoms with Crippen molar-refractivity contribution in [2.24, 2.45) is 0 Å². The monoisotopic (exact) mass is 320 g/mol. The third kappa shape index (κ3) is 2.00. The van der Waals surface area contributed by atoms with Crippen LogP contribution in [0.5, 0.6) is 0 Å². The first-order valence-electron chi connectivity index (χ1n) is 6.19. The molecule has 0 spiro atoms. The Balaban J connectivity index is 2.15. The second kappa shape index (κ2) is 4.53.